The maximum Gasteiger partial charge on any atom is 0.328 e. The number of primary amides is 1. The molecule has 0 aliphatic rings. The van der Waals surface area contributed by atoms with Gasteiger partial charge in [0.2, 0.25) is 5.91 Å². The van der Waals surface area contributed by atoms with Crippen molar-refractivity contribution in [1.82, 2.24) is 5.32 Å². The van der Waals surface area contributed by atoms with Crippen molar-refractivity contribution in [2.45, 2.75) is 19.9 Å². The summed E-state index contributed by atoms with van der Waals surface area (Å²) in [5.74, 6) is -2.15. The zero-order valence-electron chi connectivity index (χ0n) is 11.1. The fourth-order valence-electron chi connectivity index (χ4n) is 1.50. The second-order valence-corrected chi connectivity index (χ2v) is 5.59. The summed E-state index contributed by atoms with van der Waals surface area (Å²) in [6.07, 6.45) is 2.39. The van der Waals surface area contributed by atoms with Crippen molar-refractivity contribution in [2.75, 3.05) is 0 Å². The quantitative estimate of drug-likeness (QED) is 0.682. The maximum absolute atomic E-state index is 12.0. The molecule has 0 spiro atoms. The summed E-state index contributed by atoms with van der Waals surface area (Å²) >= 11 is 1.13. The Morgan fingerprint density at radius 1 is 1.35 bits per heavy atom. The average molecular weight is 296 g/mol. The molecule has 1 aromatic heterocycles. The van der Waals surface area contributed by atoms with Crippen molar-refractivity contribution in [2.24, 2.45) is 11.7 Å². The van der Waals surface area contributed by atoms with Crippen LogP contribution in [-0.2, 0) is 9.59 Å². The number of carboxylic acid groups (broad SMARTS) is 1. The second-order valence-electron chi connectivity index (χ2n) is 4.47. The van der Waals surface area contributed by atoms with E-state index in [2.05, 4.69) is 5.32 Å². The minimum absolute atomic E-state index is 0.109. The van der Waals surface area contributed by atoms with E-state index in [9.17, 15) is 14.4 Å². The van der Waals surface area contributed by atoms with Crippen LogP contribution in [0.4, 0.5) is 0 Å². The smallest absolute Gasteiger partial charge is 0.328 e. The fraction of sp³-hybridized carbons (Fsp3) is 0.308. The summed E-state index contributed by atoms with van der Waals surface area (Å²) in [6.45, 7) is 3.57. The van der Waals surface area contributed by atoms with Crippen LogP contribution >= 0.6 is 11.3 Å². The Labute approximate surface area is 120 Å². The Morgan fingerprint density at radius 2 is 2.00 bits per heavy atom. The number of carboxylic acids is 1. The third-order valence-corrected chi connectivity index (χ3v) is 3.55. The van der Waals surface area contributed by atoms with E-state index < -0.39 is 23.8 Å². The molecule has 0 fully saturated rings. The Morgan fingerprint density at radius 3 is 2.50 bits per heavy atom. The second kappa shape index (κ2) is 6.85. The molecule has 0 saturated carbocycles. The van der Waals surface area contributed by atoms with Crippen molar-refractivity contribution in [3.63, 3.8) is 0 Å². The summed E-state index contributed by atoms with van der Waals surface area (Å²) in [4.78, 5) is 34.6. The molecular weight excluding hydrogens is 280 g/mol. The van der Waals surface area contributed by atoms with E-state index in [1.54, 1.807) is 26.0 Å². The number of hydrogen-bond donors (Lipinski definition) is 3. The van der Waals surface area contributed by atoms with Gasteiger partial charge in [0.05, 0.1) is 4.88 Å². The minimum atomic E-state index is -1.06. The van der Waals surface area contributed by atoms with Gasteiger partial charge in [-0.25, -0.2) is 4.79 Å². The molecule has 0 aromatic carbocycles. The molecule has 0 bridgehead atoms. The zero-order chi connectivity index (χ0) is 15.3. The van der Waals surface area contributed by atoms with Gasteiger partial charge < -0.3 is 16.2 Å². The van der Waals surface area contributed by atoms with Crippen molar-refractivity contribution in [3.05, 3.63) is 28.0 Å². The number of carbonyl (C=O) groups is 3. The van der Waals surface area contributed by atoms with E-state index in [1.165, 1.54) is 6.08 Å². The molecule has 7 heteroatoms. The standard InChI is InChI=1S/C13H16N2O4S/c1-7(2)11(12(14)18)15-13(19)9-5-3-8(20-9)4-6-10(16)17/h3-7,11H,1-2H3,(H2,14,18)(H,15,19)(H,16,17)/b6-4+. The van der Waals surface area contributed by atoms with Crippen LogP contribution in [0.25, 0.3) is 6.08 Å². The SMILES string of the molecule is CC(C)C(NC(=O)c1ccc(/C=C/C(=O)O)s1)C(N)=O. The normalized spacial score (nSPS) is 12.6. The first-order chi connectivity index (χ1) is 9.31. The molecule has 1 unspecified atom stereocenters. The molecule has 6 nitrogen and oxygen atoms in total. The largest absolute Gasteiger partial charge is 0.478 e. The van der Waals surface area contributed by atoms with Crippen LogP contribution < -0.4 is 11.1 Å². The lowest BCUT2D eigenvalue weighted by Gasteiger charge is -2.18. The van der Waals surface area contributed by atoms with Crippen LogP contribution in [0.1, 0.15) is 28.4 Å². The first-order valence-corrected chi connectivity index (χ1v) is 6.74. The number of nitrogens with one attached hydrogen (secondary N) is 1. The average Bonchev–Trinajstić information content (AvgIpc) is 2.81. The summed E-state index contributed by atoms with van der Waals surface area (Å²) in [6, 6.07) is 2.47. The maximum atomic E-state index is 12.0. The van der Waals surface area contributed by atoms with Crippen LogP contribution in [0.15, 0.2) is 18.2 Å². The number of aliphatic carboxylic acids is 1. The molecule has 1 rings (SSSR count). The summed E-state index contributed by atoms with van der Waals surface area (Å²) in [5, 5.41) is 11.1. The summed E-state index contributed by atoms with van der Waals surface area (Å²) in [7, 11) is 0. The van der Waals surface area contributed by atoms with Gasteiger partial charge in [-0.1, -0.05) is 13.8 Å². The lowest BCUT2D eigenvalue weighted by Crippen LogP contribution is -2.47. The third kappa shape index (κ3) is 4.51. The first-order valence-electron chi connectivity index (χ1n) is 5.92. The molecule has 4 N–H and O–H groups in total. The van der Waals surface area contributed by atoms with Gasteiger partial charge >= 0.3 is 5.97 Å². The van der Waals surface area contributed by atoms with E-state index in [0.717, 1.165) is 17.4 Å². The van der Waals surface area contributed by atoms with Crippen molar-refractivity contribution >= 4 is 35.2 Å². The predicted molar refractivity (Wildman–Crippen MR) is 76.3 cm³/mol. The number of amides is 2. The van der Waals surface area contributed by atoms with Crippen LogP contribution in [0.2, 0.25) is 0 Å². The lowest BCUT2D eigenvalue weighted by atomic mass is 10.0. The first kappa shape index (κ1) is 15.9. The zero-order valence-corrected chi connectivity index (χ0v) is 11.9. The van der Waals surface area contributed by atoms with E-state index in [0.29, 0.717) is 9.75 Å². The molecule has 1 atom stereocenters. The van der Waals surface area contributed by atoms with Gasteiger partial charge in [-0.2, -0.15) is 0 Å². The molecule has 0 aliphatic heterocycles. The Hall–Kier alpha value is -2.15. The van der Waals surface area contributed by atoms with Gasteiger partial charge in [-0.3, -0.25) is 9.59 Å². The van der Waals surface area contributed by atoms with Gasteiger partial charge in [0.1, 0.15) is 6.04 Å². The Bertz CT molecular complexity index is 548. The van der Waals surface area contributed by atoms with Gasteiger partial charge in [-0.05, 0) is 24.1 Å². The molecule has 0 radical (unpaired) electrons. The van der Waals surface area contributed by atoms with Gasteiger partial charge in [-0.15, -0.1) is 11.3 Å². The van der Waals surface area contributed by atoms with Gasteiger partial charge in [0.15, 0.2) is 0 Å². The number of carbonyl (C=O) groups excluding carboxylic acids is 2. The van der Waals surface area contributed by atoms with Crippen LogP contribution in [0, 0.1) is 5.92 Å². The van der Waals surface area contributed by atoms with Crippen molar-refractivity contribution in [3.8, 4) is 0 Å². The third-order valence-electron chi connectivity index (χ3n) is 2.50. The van der Waals surface area contributed by atoms with Crippen LogP contribution in [0.3, 0.4) is 0 Å². The highest BCUT2D eigenvalue weighted by Crippen LogP contribution is 2.18. The number of nitrogens with two attached hydrogens (primary N) is 1. The van der Waals surface area contributed by atoms with Crippen LogP contribution in [0.5, 0.6) is 0 Å². The molecule has 2 amide bonds. The molecule has 20 heavy (non-hydrogen) atoms. The number of thiophene rings is 1. The Kier molecular flexibility index (Phi) is 5.45. The van der Waals surface area contributed by atoms with E-state index in [-0.39, 0.29) is 5.92 Å². The summed E-state index contributed by atoms with van der Waals surface area (Å²) < 4.78 is 0. The Balaban J connectivity index is 2.78. The highest BCUT2D eigenvalue weighted by Gasteiger charge is 2.22. The fourth-order valence-corrected chi connectivity index (χ4v) is 2.31. The monoisotopic (exact) mass is 296 g/mol. The van der Waals surface area contributed by atoms with Crippen molar-refractivity contribution < 1.29 is 19.5 Å². The molecule has 108 valence electrons. The summed E-state index contributed by atoms with van der Waals surface area (Å²) in [5.41, 5.74) is 5.22. The van der Waals surface area contributed by atoms with E-state index in [1.807, 2.05) is 0 Å². The number of rotatable bonds is 6. The molecular formula is C13H16N2O4S. The van der Waals surface area contributed by atoms with E-state index >= 15 is 0 Å². The molecule has 0 aliphatic carbocycles. The minimum Gasteiger partial charge on any atom is -0.478 e. The van der Waals surface area contributed by atoms with E-state index in [4.69, 9.17) is 10.8 Å². The van der Waals surface area contributed by atoms with Gasteiger partial charge in [0, 0.05) is 11.0 Å². The molecule has 0 saturated heterocycles. The highest BCUT2D eigenvalue weighted by molar-refractivity contribution is 7.14. The molecule has 1 heterocycles. The number of hydrogen-bond acceptors (Lipinski definition) is 4. The van der Waals surface area contributed by atoms with Crippen LogP contribution in [-0.4, -0.2) is 28.9 Å². The lowest BCUT2D eigenvalue weighted by molar-refractivity contribution is -0.131. The molecule has 1 aromatic rings. The van der Waals surface area contributed by atoms with Gasteiger partial charge in [0.25, 0.3) is 5.91 Å². The predicted octanol–water partition coefficient (Wildman–Crippen LogP) is 1.09. The topological polar surface area (TPSA) is 109 Å². The highest BCUT2D eigenvalue weighted by atomic mass is 32.1. The van der Waals surface area contributed by atoms with Crippen molar-refractivity contribution in [1.29, 1.82) is 0 Å².